The van der Waals surface area contributed by atoms with E-state index in [0.29, 0.717) is 25.5 Å². The first-order valence-corrected chi connectivity index (χ1v) is 8.07. The topological polar surface area (TPSA) is 60.5 Å². The van der Waals surface area contributed by atoms with Crippen molar-refractivity contribution in [3.05, 3.63) is 54.2 Å². The summed E-state index contributed by atoms with van der Waals surface area (Å²) in [5, 5.41) is 6.09. The van der Waals surface area contributed by atoms with Crippen LogP contribution in [0.1, 0.15) is 16.8 Å². The molecule has 1 saturated heterocycles. The van der Waals surface area contributed by atoms with Crippen LogP contribution in [0.5, 0.6) is 0 Å². The highest BCUT2D eigenvalue weighted by atomic mass is 16.7. The van der Waals surface area contributed by atoms with Crippen LogP contribution in [0.25, 0.3) is 21.7 Å². The molecule has 122 valence electrons. The number of ether oxygens (including phenoxy) is 2. The number of nitrogens with zero attached hydrogens (tertiary/aromatic N) is 1. The van der Waals surface area contributed by atoms with Crippen molar-refractivity contribution < 1.29 is 14.3 Å². The lowest BCUT2D eigenvalue weighted by Crippen LogP contribution is -2.37. The van der Waals surface area contributed by atoms with E-state index in [4.69, 9.17) is 9.47 Å². The molecule has 0 aliphatic carbocycles. The van der Waals surface area contributed by atoms with Gasteiger partial charge in [-0.25, -0.2) is 0 Å². The van der Waals surface area contributed by atoms with Crippen LogP contribution in [0.3, 0.4) is 0 Å². The third-order valence-corrected chi connectivity index (χ3v) is 4.32. The van der Waals surface area contributed by atoms with Gasteiger partial charge in [0, 0.05) is 18.1 Å². The van der Waals surface area contributed by atoms with Gasteiger partial charge in [0.2, 0.25) is 0 Å². The number of hydrogen-bond donors (Lipinski definition) is 1. The van der Waals surface area contributed by atoms with Crippen molar-refractivity contribution in [1.82, 2.24) is 10.3 Å². The van der Waals surface area contributed by atoms with Gasteiger partial charge in [-0.2, -0.15) is 0 Å². The van der Waals surface area contributed by atoms with Crippen molar-refractivity contribution in [3.8, 4) is 0 Å². The molecule has 5 heteroatoms. The maximum Gasteiger partial charge on any atom is 0.253 e. The van der Waals surface area contributed by atoms with Gasteiger partial charge in [0.25, 0.3) is 5.91 Å². The monoisotopic (exact) mass is 322 g/mol. The Hall–Kier alpha value is -2.50. The van der Waals surface area contributed by atoms with Crippen molar-refractivity contribution in [2.75, 3.05) is 19.9 Å². The van der Waals surface area contributed by atoms with Crippen molar-refractivity contribution >= 4 is 27.6 Å². The van der Waals surface area contributed by atoms with Gasteiger partial charge in [-0.3, -0.25) is 9.78 Å². The van der Waals surface area contributed by atoms with Crippen LogP contribution >= 0.6 is 0 Å². The summed E-state index contributed by atoms with van der Waals surface area (Å²) in [6.45, 7) is 1.44. The number of rotatable bonds is 3. The first-order valence-electron chi connectivity index (χ1n) is 8.07. The standard InChI is InChI=1S/C19H18N2O3/c22-19(21-11-14-7-9-23-12-24-14)17-10-13-4-1-2-5-15(13)16-6-3-8-20-18(16)17/h1-6,8,10,14H,7,9,11-12H2,(H,21,22)/t14-/m1/s1. The van der Waals surface area contributed by atoms with Crippen LogP contribution < -0.4 is 5.32 Å². The number of carbonyl (C=O) groups excluding carboxylic acids is 1. The number of benzene rings is 2. The van der Waals surface area contributed by atoms with Crippen LogP contribution in [0.15, 0.2) is 48.7 Å². The van der Waals surface area contributed by atoms with Crippen LogP contribution in [-0.2, 0) is 9.47 Å². The zero-order valence-corrected chi connectivity index (χ0v) is 13.2. The third-order valence-electron chi connectivity index (χ3n) is 4.32. The van der Waals surface area contributed by atoms with Gasteiger partial charge in [0.05, 0.1) is 23.8 Å². The van der Waals surface area contributed by atoms with Crippen molar-refractivity contribution in [2.45, 2.75) is 12.5 Å². The second kappa shape index (κ2) is 6.55. The molecule has 5 nitrogen and oxygen atoms in total. The van der Waals surface area contributed by atoms with Crippen LogP contribution in [0, 0.1) is 0 Å². The highest BCUT2D eigenvalue weighted by molar-refractivity contribution is 6.15. The fraction of sp³-hybridized carbons (Fsp3) is 0.263. The predicted molar refractivity (Wildman–Crippen MR) is 91.9 cm³/mol. The van der Waals surface area contributed by atoms with Gasteiger partial charge in [-0.1, -0.05) is 30.3 Å². The van der Waals surface area contributed by atoms with E-state index in [-0.39, 0.29) is 12.0 Å². The van der Waals surface area contributed by atoms with Gasteiger partial charge in [-0.15, -0.1) is 0 Å². The highest BCUT2D eigenvalue weighted by Crippen LogP contribution is 2.27. The van der Waals surface area contributed by atoms with Crippen molar-refractivity contribution in [2.24, 2.45) is 0 Å². The van der Waals surface area contributed by atoms with E-state index in [1.54, 1.807) is 6.20 Å². The van der Waals surface area contributed by atoms with Crippen LogP contribution in [0.4, 0.5) is 0 Å². The van der Waals surface area contributed by atoms with E-state index in [1.807, 2.05) is 36.4 Å². The molecule has 1 aromatic heterocycles. The third kappa shape index (κ3) is 2.84. The molecule has 4 rings (SSSR count). The largest absolute Gasteiger partial charge is 0.355 e. The smallest absolute Gasteiger partial charge is 0.253 e. The molecule has 24 heavy (non-hydrogen) atoms. The summed E-state index contributed by atoms with van der Waals surface area (Å²) in [5.74, 6) is -0.125. The Kier molecular flexibility index (Phi) is 4.11. The highest BCUT2D eigenvalue weighted by Gasteiger charge is 2.18. The first-order chi connectivity index (χ1) is 11.8. The molecule has 2 aromatic carbocycles. The lowest BCUT2D eigenvalue weighted by atomic mass is 10.0. The normalized spacial score (nSPS) is 17.9. The minimum absolute atomic E-state index is 0.00220. The summed E-state index contributed by atoms with van der Waals surface area (Å²) < 4.78 is 10.6. The van der Waals surface area contributed by atoms with Crippen LogP contribution in [-0.4, -0.2) is 36.9 Å². The van der Waals surface area contributed by atoms with Gasteiger partial charge >= 0.3 is 0 Å². The molecular formula is C19H18N2O3. The lowest BCUT2D eigenvalue weighted by Gasteiger charge is -2.23. The molecule has 1 aliphatic rings. The summed E-state index contributed by atoms with van der Waals surface area (Å²) in [4.78, 5) is 17.1. The molecule has 1 amide bonds. The molecule has 0 unspecified atom stereocenters. The second-order valence-corrected chi connectivity index (χ2v) is 5.86. The predicted octanol–water partition coefficient (Wildman–Crippen LogP) is 2.88. The number of nitrogens with one attached hydrogen (secondary N) is 1. The molecular weight excluding hydrogens is 304 g/mol. The SMILES string of the molecule is O=C(NC[C@H]1CCOCO1)c1cc2ccccc2c2cccnc12. The Morgan fingerprint density at radius 2 is 2.08 bits per heavy atom. The molecule has 0 spiro atoms. The number of hydrogen-bond acceptors (Lipinski definition) is 4. The van der Waals surface area contributed by atoms with Crippen molar-refractivity contribution in [3.63, 3.8) is 0 Å². The Bertz CT molecular complexity index is 888. The van der Waals surface area contributed by atoms with E-state index in [1.165, 1.54) is 0 Å². The molecule has 2 heterocycles. The Labute approximate surface area is 139 Å². The van der Waals surface area contributed by atoms with E-state index in [9.17, 15) is 4.79 Å². The van der Waals surface area contributed by atoms with Gasteiger partial charge in [-0.05, 0) is 29.3 Å². The average molecular weight is 322 g/mol. The molecule has 1 aliphatic heterocycles. The maximum absolute atomic E-state index is 12.7. The summed E-state index contributed by atoms with van der Waals surface area (Å²) in [7, 11) is 0. The molecule has 0 radical (unpaired) electrons. The fourth-order valence-corrected chi connectivity index (χ4v) is 3.07. The molecule has 1 atom stereocenters. The van der Waals surface area contributed by atoms with E-state index in [2.05, 4.69) is 16.4 Å². The summed E-state index contributed by atoms with van der Waals surface area (Å²) in [6, 6.07) is 13.8. The van der Waals surface area contributed by atoms with E-state index in [0.717, 1.165) is 28.1 Å². The first kappa shape index (κ1) is 15.1. The molecule has 0 bridgehead atoms. The quantitative estimate of drug-likeness (QED) is 0.753. The lowest BCUT2D eigenvalue weighted by molar-refractivity contribution is -0.136. The van der Waals surface area contributed by atoms with Crippen LogP contribution in [0.2, 0.25) is 0 Å². The van der Waals surface area contributed by atoms with Gasteiger partial charge in [0.1, 0.15) is 6.79 Å². The zero-order valence-electron chi connectivity index (χ0n) is 13.2. The molecule has 1 N–H and O–H groups in total. The number of amides is 1. The molecule has 0 saturated carbocycles. The summed E-state index contributed by atoms with van der Waals surface area (Å²) >= 11 is 0. The van der Waals surface area contributed by atoms with Gasteiger partial charge < -0.3 is 14.8 Å². The Morgan fingerprint density at radius 3 is 2.96 bits per heavy atom. The number of pyridine rings is 1. The Morgan fingerprint density at radius 1 is 1.21 bits per heavy atom. The van der Waals surface area contributed by atoms with E-state index < -0.39 is 0 Å². The maximum atomic E-state index is 12.7. The second-order valence-electron chi connectivity index (χ2n) is 5.86. The number of carbonyl (C=O) groups is 1. The minimum Gasteiger partial charge on any atom is -0.355 e. The zero-order chi connectivity index (χ0) is 16.4. The molecule has 3 aromatic rings. The van der Waals surface area contributed by atoms with E-state index >= 15 is 0 Å². The number of fused-ring (bicyclic) bond motifs is 3. The minimum atomic E-state index is -0.125. The van der Waals surface area contributed by atoms with Crippen molar-refractivity contribution in [1.29, 1.82) is 0 Å². The summed E-state index contributed by atoms with van der Waals surface area (Å²) in [6.07, 6.45) is 2.51. The summed E-state index contributed by atoms with van der Waals surface area (Å²) in [5.41, 5.74) is 1.32. The number of aromatic nitrogens is 1. The fourth-order valence-electron chi connectivity index (χ4n) is 3.07. The average Bonchev–Trinajstić information content (AvgIpc) is 2.66. The molecule has 1 fully saturated rings. The van der Waals surface area contributed by atoms with Gasteiger partial charge in [0.15, 0.2) is 0 Å². The Balaban J connectivity index is 1.67.